The first-order chi connectivity index (χ1) is 8.31. The Kier molecular flexibility index (Phi) is 3.48. The number of carbonyl (C=O) groups is 1. The summed E-state index contributed by atoms with van der Waals surface area (Å²) in [6, 6.07) is 3.73. The summed E-state index contributed by atoms with van der Waals surface area (Å²) in [5.41, 5.74) is 1.28. The zero-order valence-electron chi connectivity index (χ0n) is 8.88. The molecule has 0 unspecified atom stereocenters. The topological polar surface area (TPSA) is 54.9 Å². The van der Waals surface area contributed by atoms with Crippen molar-refractivity contribution in [3.8, 4) is 22.9 Å². The number of rotatable bonds is 3. The first-order valence-electron chi connectivity index (χ1n) is 4.89. The number of terminal acetylenes is 1. The number of hydrogen-bond acceptors (Lipinski definition) is 4. The molecule has 0 saturated heterocycles. The Morgan fingerprint density at radius 1 is 1.59 bits per heavy atom. The van der Waals surface area contributed by atoms with E-state index in [0.29, 0.717) is 5.69 Å². The van der Waals surface area contributed by atoms with Crippen molar-refractivity contribution in [1.29, 1.82) is 0 Å². The highest BCUT2D eigenvalue weighted by atomic mass is 32.1. The van der Waals surface area contributed by atoms with Crippen LogP contribution in [0.3, 0.4) is 0 Å². The summed E-state index contributed by atoms with van der Waals surface area (Å²) in [5, 5.41) is 5.04. The summed E-state index contributed by atoms with van der Waals surface area (Å²) >= 11 is 1.40. The van der Waals surface area contributed by atoms with Crippen LogP contribution in [0.4, 0.5) is 0 Å². The maximum absolute atomic E-state index is 11.6. The molecule has 84 valence electrons. The quantitative estimate of drug-likeness (QED) is 0.832. The van der Waals surface area contributed by atoms with Crippen molar-refractivity contribution >= 4 is 17.2 Å². The van der Waals surface area contributed by atoms with Crippen molar-refractivity contribution < 1.29 is 4.79 Å². The minimum Gasteiger partial charge on any atom is -0.340 e. The van der Waals surface area contributed by atoms with Crippen molar-refractivity contribution in [2.75, 3.05) is 6.54 Å². The van der Waals surface area contributed by atoms with Crippen molar-refractivity contribution in [2.24, 2.45) is 0 Å². The van der Waals surface area contributed by atoms with Crippen LogP contribution in [0.2, 0.25) is 0 Å². The van der Waals surface area contributed by atoms with E-state index in [1.54, 1.807) is 17.8 Å². The maximum atomic E-state index is 11.6. The number of thiazole rings is 1. The minimum absolute atomic E-state index is 0.207. The first-order valence-corrected chi connectivity index (χ1v) is 5.77. The van der Waals surface area contributed by atoms with Crippen molar-refractivity contribution in [3.05, 3.63) is 35.6 Å². The fraction of sp³-hybridized carbons (Fsp3) is 0.0833. The fourth-order valence-corrected chi connectivity index (χ4v) is 2.01. The summed E-state index contributed by atoms with van der Waals surface area (Å²) < 4.78 is 0. The third kappa shape index (κ3) is 2.68. The molecule has 0 radical (unpaired) electrons. The van der Waals surface area contributed by atoms with Crippen LogP contribution in [0.1, 0.15) is 10.5 Å². The second kappa shape index (κ2) is 5.23. The molecule has 0 aliphatic carbocycles. The smallest absolute Gasteiger partial charge is 0.271 e. The molecule has 2 heterocycles. The molecular formula is C12H9N3OS. The van der Waals surface area contributed by atoms with Crippen molar-refractivity contribution in [3.63, 3.8) is 0 Å². The average molecular weight is 243 g/mol. The van der Waals surface area contributed by atoms with E-state index in [9.17, 15) is 4.79 Å². The van der Waals surface area contributed by atoms with E-state index in [-0.39, 0.29) is 12.5 Å². The molecule has 0 bridgehead atoms. The summed E-state index contributed by atoms with van der Waals surface area (Å²) in [6.07, 6.45) is 8.46. The molecule has 17 heavy (non-hydrogen) atoms. The third-order valence-corrected chi connectivity index (χ3v) is 2.89. The Labute approximate surface area is 103 Å². The van der Waals surface area contributed by atoms with Gasteiger partial charge in [0.05, 0.1) is 6.54 Å². The van der Waals surface area contributed by atoms with Gasteiger partial charge in [-0.2, -0.15) is 0 Å². The molecule has 1 N–H and O–H groups in total. The van der Waals surface area contributed by atoms with Gasteiger partial charge in [0.2, 0.25) is 0 Å². The van der Waals surface area contributed by atoms with Crippen LogP contribution in [0.15, 0.2) is 29.9 Å². The van der Waals surface area contributed by atoms with E-state index in [0.717, 1.165) is 10.6 Å². The highest BCUT2D eigenvalue weighted by Gasteiger charge is 2.10. The van der Waals surface area contributed by atoms with Gasteiger partial charge in [0.25, 0.3) is 5.91 Å². The maximum Gasteiger partial charge on any atom is 0.271 e. The van der Waals surface area contributed by atoms with Crippen LogP contribution in [0.25, 0.3) is 10.6 Å². The number of carbonyl (C=O) groups excluding carboxylic acids is 1. The molecule has 2 aromatic heterocycles. The van der Waals surface area contributed by atoms with E-state index in [4.69, 9.17) is 6.42 Å². The Balaban J connectivity index is 2.17. The highest BCUT2D eigenvalue weighted by Crippen LogP contribution is 2.22. The Bertz CT molecular complexity index is 557. The number of nitrogens with zero attached hydrogens (tertiary/aromatic N) is 2. The van der Waals surface area contributed by atoms with E-state index >= 15 is 0 Å². The van der Waals surface area contributed by atoms with E-state index < -0.39 is 0 Å². The molecule has 0 spiro atoms. The largest absolute Gasteiger partial charge is 0.340 e. The predicted molar refractivity (Wildman–Crippen MR) is 66.5 cm³/mol. The molecule has 0 fully saturated rings. The van der Waals surface area contributed by atoms with Gasteiger partial charge in [-0.15, -0.1) is 17.8 Å². The van der Waals surface area contributed by atoms with Gasteiger partial charge in [0, 0.05) is 23.3 Å². The molecule has 1 amide bonds. The van der Waals surface area contributed by atoms with Crippen LogP contribution in [0, 0.1) is 12.3 Å². The Hall–Kier alpha value is -2.19. The van der Waals surface area contributed by atoms with Gasteiger partial charge in [0.1, 0.15) is 10.7 Å². The van der Waals surface area contributed by atoms with Crippen LogP contribution >= 0.6 is 11.3 Å². The Morgan fingerprint density at radius 3 is 3.18 bits per heavy atom. The lowest BCUT2D eigenvalue weighted by Crippen LogP contribution is -2.23. The van der Waals surface area contributed by atoms with E-state index in [2.05, 4.69) is 21.2 Å². The molecule has 2 rings (SSSR count). The van der Waals surface area contributed by atoms with Crippen molar-refractivity contribution in [1.82, 2.24) is 15.3 Å². The van der Waals surface area contributed by atoms with Crippen molar-refractivity contribution in [2.45, 2.75) is 0 Å². The Morgan fingerprint density at radius 2 is 2.47 bits per heavy atom. The lowest BCUT2D eigenvalue weighted by Gasteiger charge is -1.96. The van der Waals surface area contributed by atoms with Crippen LogP contribution in [-0.4, -0.2) is 22.4 Å². The van der Waals surface area contributed by atoms with Gasteiger partial charge in [-0.1, -0.05) is 5.92 Å². The predicted octanol–water partition coefficient (Wildman–Crippen LogP) is 1.57. The van der Waals surface area contributed by atoms with Gasteiger partial charge in [-0.3, -0.25) is 9.78 Å². The number of nitrogens with one attached hydrogen (secondary N) is 1. The molecule has 5 heteroatoms. The van der Waals surface area contributed by atoms with Crippen LogP contribution in [-0.2, 0) is 0 Å². The lowest BCUT2D eigenvalue weighted by atomic mass is 10.3. The molecule has 4 nitrogen and oxygen atoms in total. The van der Waals surface area contributed by atoms with E-state index in [1.807, 2.05) is 12.1 Å². The molecule has 0 aromatic carbocycles. The zero-order chi connectivity index (χ0) is 12.1. The van der Waals surface area contributed by atoms with Gasteiger partial charge < -0.3 is 5.32 Å². The molecule has 0 saturated carbocycles. The normalized spacial score (nSPS) is 9.59. The average Bonchev–Trinajstić information content (AvgIpc) is 2.86. The first kappa shape index (κ1) is 11.3. The van der Waals surface area contributed by atoms with Gasteiger partial charge in [-0.05, 0) is 12.1 Å². The van der Waals surface area contributed by atoms with E-state index in [1.165, 1.54) is 11.3 Å². The highest BCUT2D eigenvalue weighted by molar-refractivity contribution is 7.13. The number of pyridine rings is 1. The molecular weight excluding hydrogens is 234 g/mol. The third-order valence-electron chi connectivity index (χ3n) is 2.00. The SMILES string of the molecule is C#CCNC(=O)c1csc(-c2cccnc2)n1. The molecule has 0 aliphatic rings. The van der Waals surface area contributed by atoms with Crippen LogP contribution < -0.4 is 5.32 Å². The second-order valence-corrected chi connectivity index (χ2v) is 4.02. The summed E-state index contributed by atoms with van der Waals surface area (Å²) in [6.45, 7) is 0.207. The summed E-state index contributed by atoms with van der Waals surface area (Å²) in [5.74, 6) is 2.09. The van der Waals surface area contributed by atoms with Crippen LogP contribution in [0.5, 0.6) is 0 Å². The summed E-state index contributed by atoms with van der Waals surface area (Å²) in [7, 11) is 0. The number of amides is 1. The second-order valence-electron chi connectivity index (χ2n) is 3.17. The van der Waals surface area contributed by atoms with Gasteiger partial charge in [-0.25, -0.2) is 4.98 Å². The van der Waals surface area contributed by atoms with Gasteiger partial charge in [0.15, 0.2) is 0 Å². The lowest BCUT2D eigenvalue weighted by molar-refractivity contribution is 0.0954. The standard InChI is InChI=1S/C12H9N3OS/c1-2-5-14-11(16)10-8-17-12(15-10)9-4-3-6-13-7-9/h1,3-4,6-8H,5H2,(H,14,16). The molecule has 0 atom stereocenters. The molecule has 2 aromatic rings. The molecule has 0 aliphatic heterocycles. The zero-order valence-corrected chi connectivity index (χ0v) is 9.70. The minimum atomic E-state index is -0.255. The monoisotopic (exact) mass is 243 g/mol. The number of aromatic nitrogens is 2. The number of hydrogen-bond donors (Lipinski definition) is 1. The summed E-state index contributed by atoms with van der Waals surface area (Å²) in [4.78, 5) is 19.8. The van der Waals surface area contributed by atoms with Gasteiger partial charge >= 0.3 is 0 Å². The fourth-order valence-electron chi connectivity index (χ4n) is 1.22.